The maximum atomic E-state index is 12.1. The summed E-state index contributed by atoms with van der Waals surface area (Å²) in [6.45, 7) is 10.7. The predicted molar refractivity (Wildman–Crippen MR) is 78.2 cm³/mol. The minimum atomic E-state index is -3.88. The summed E-state index contributed by atoms with van der Waals surface area (Å²) in [6.07, 6.45) is 0. The molecule has 0 spiro atoms. The van der Waals surface area contributed by atoms with Gasteiger partial charge < -0.3 is 9.73 Å². The molecule has 3 N–H and O–H groups in total. The number of furan rings is 1. The number of nitrogens with one attached hydrogen (secondary N) is 1. The van der Waals surface area contributed by atoms with Crippen molar-refractivity contribution in [3.63, 3.8) is 0 Å². The van der Waals surface area contributed by atoms with Crippen molar-refractivity contribution in [1.82, 2.24) is 5.32 Å². The van der Waals surface area contributed by atoms with E-state index in [4.69, 9.17) is 9.56 Å². The maximum absolute atomic E-state index is 12.1. The van der Waals surface area contributed by atoms with Crippen LogP contribution in [-0.2, 0) is 10.0 Å². The average molecular weight is 314 g/mol. The molecule has 21 heavy (non-hydrogen) atoms. The van der Waals surface area contributed by atoms with Crippen LogP contribution in [0, 0.1) is 23.7 Å². The van der Waals surface area contributed by atoms with Crippen LogP contribution in [0.2, 0.25) is 0 Å². The van der Waals surface area contributed by atoms with Crippen molar-refractivity contribution < 1.29 is 17.6 Å². The Morgan fingerprint density at radius 2 is 1.86 bits per heavy atom. The van der Waals surface area contributed by atoms with Crippen LogP contribution in [-0.4, -0.2) is 20.9 Å². The quantitative estimate of drug-likeness (QED) is 0.882. The average Bonchev–Trinajstić information content (AvgIpc) is 2.63. The third-order valence-corrected chi connectivity index (χ3v) is 6.21. The van der Waals surface area contributed by atoms with Gasteiger partial charge in [0.15, 0.2) is 5.76 Å². The standard InChI is InChI=1S/C14H22N2O4S/c1-8-10(21(15,18)19)6-9(20-8)12(17)16-7-11-13(2,3)14(11,4)5/h6,11H,7H2,1-5H3,(H,16,17)(H2,15,18,19). The fourth-order valence-electron chi connectivity index (χ4n) is 2.99. The fourth-order valence-corrected chi connectivity index (χ4v) is 3.70. The predicted octanol–water partition coefficient (Wildman–Crippen LogP) is 1.65. The van der Waals surface area contributed by atoms with E-state index < -0.39 is 15.9 Å². The molecular weight excluding hydrogens is 292 g/mol. The van der Waals surface area contributed by atoms with Crippen molar-refractivity contribution >= 4 is 15.9 Å². The Morgan fingerprint density at radius 1 is 1.33 bits per heavy atom. The van der Waals surface area contributed by atoms with Crippen LogP contribution in [0.5, 0.6) is 0 Å². The number of amides is 1. The van der Waals surface area contributed by atoms with Gasteiger partial charge in [-0.1, -0.05) is 27.7 Å². The first kappa shape index (κ1) is 16.0. The molecule has 1 fully saturated rings. The smallest absolute Gasteiger partial charge is 0.287 e. The van der Waals surface area contributed by atoms with Gasteiger partial charge in [0.05, 0.1) is 0 Å². The van der Waals surface area contributed by atoms with Crippen molar-refractivity contribution in [2.45, 2.75) is 39.5 Å². The van der Waals surface area contributed by atoms with Crippen LogP contribution < -0.4 is 10.5 Å². The molecule has 1 amide bonds. The molecule has 0 unspecified atom stereocenters. The van der Waals surface area contributed by atoms with Gasteiger partial charge in [0.1, 0.15) is 10.7 Å². The second kappa shape index (κ2) is 4.58. The summed E-state index contributed by atoms with van der Waals surface area (Å²) < 4.78 is 27.8. The fraction of sp³-hybridized carbons (Fsp3) is 0.643. The second-order valence-corrected chi connectivity index (χ2v) is 8.31. The molecule has 7 heteroatoms. The molecule has 0 aliphatic heterocycles. The largest absolute Gasteiger partial charge is 0.455 e. The van der Waals surface area contributed by atoms with E-state index in [2.05, 4.69) is 33.0 Å². The van der Waals surface area contributed by atoms with E-state index in [-0.39, 0.29) is 27.2 Å². The summed E-state index contributed by atoms with van der Waals surface area (Å²) in [5.74, 6) is 0.0386. The Morgan fingerprint density at radius 3 is 2.24 bits per heavy atom. The molecular formula is C14H22N2O4S. The highest BCUT2D eigenvalue weighted by molar-refractivity contribution is 7.89. The summed E-state index contributed by atoms with van der Waals surface area (Å²) >= 11 is 0. The molecule has 0 saturated heterocycles. The molecule has 0 radical (unpaired) electrons. The molecule has 0 aromatic carbocycles. The minimum absolute atomic E-state index is 0.0345. The van der Waals surface area contributed by atoms with Gasteiger partial charge in [-0.3, -0.25) is 4.79 Å². The number of primary sulfonamides is 1. The second-order valence-electron chi connectivity index (χ2n) is 6.78. The van der Waals surface area contributed by atoms with Crippen molar-refractivity contribution in [2.75, 3.05) is 6.54 Å². The van der Waals surface area contributed by atoms with Crippen molar-refractivity contribution in [3.8, 4) is 0 Å². The zero-order chi connectivity index (χ0) is 16.2. The number of carbonyl (C=O) groups is 1. The first-order valence-corrected chi connectivity index (χ1v) is 8.35. The lowest BCUT2D eigenvalue weighted by Gasteiger charge is -2.04. The molecule has 1 saturated carbocycles. The third-order valence-electron chi connectivity index (χ3n) is 5.19. The number of carbonyl (C=O) groups excluding carboxylic acids is 1. The number of aryl methyl sites for hydroxylation is 1. The third kappa shape index (κ3) is 2.60. The van der Waals surface area contributed by atoms with E-state index in [0.29, 0.717) is 12.5 Å². The number of hydrogen-bond donors (Lipinski definition) is 2. The van der Waals surface area contributed by atoms with Crippen LogP contribution in [0.25, 0.3) is 0 Å². The molecule has 1 aromatic rings. The van der Waals surface area contributed by atoms with Crippen LogP contribution >= 0.6 is 0 Å². The van der Waals surface area contributed by atoms with Gasteiger partial charge in [0, 0.05) is 12.6 Å². The van der Waals surface area contributed by atoms with Gasteiger partial charge >= 0.3 is 0 Å². The first-order valence-electron chi connectivity index (χ1n) is 6.80. The van der Waals surface area contributed by atoms with Crippen molar-refractivity contribution in [1.29, 1.82) is 0 Å². The minimum Gasteiger partial charge on any atom is -0.455 e. The summed E-state index contributed by atoms with van der Waals surface area (Å²) in [6, 6.07) is 1.17. The number of rotatable bonds is 4. The normalized spacial score (nSPS) is 20.3. The Hall–Kier alpha value is -1.34. The number of hydrogen-bond acceptors (Lipinski definition) is 4. The molecule has 1 heterocycles. The summed E-state index contributed by atoms with van der Waals surface area (Å²) in [7, 11) is -3.88. The van der Waals surface area contributed by atoms with Crippen LogP contribution in [0.15, 0.2) is 15.4 Å². The van der Waals surface area contributed by atoms with Gasteiger partial charge in [0.25, 0.3) is 5.91 Å². The Labute approximate surface area is 125 Å². The van der Waals surface area contributed by atoms with Gasteiger partial charge in [-0.2, -0.15) is 0 Å². The van der Waals surface area contributed by atoms with E-state index in [9.17, 15) is 13.2 Å². The Kier molecular flexibility index (Phi) is 3.50. The van der Waals surface area contributed by atoms with E-state index in [1.165, 1.54) is 13.0 Å². The lowest BCUT2D eigenvalue weighted by molar-refractivity contribution is 0.0921. The van der Waals surface area contributed by atoms with Gasteiger partial charge in [0.2, 0.25) is 10.0 Å². The molecule has 1 aliphatic rings. The monoisotopic (exact) mass is 314 g/mol. The highest BCUT2D eigenvalue weighted by atomic mass is 32.2. The van der Waals surface area contributed by atoms with E-state index in [0.717, 1.165) is 0 Å². The zero-order valence-electron chi connectivity index (χ0n) is 13.0. The molecule has 118 valence electrons. The van der Waals surface area contributed by atoms with Gasteiger partial charge in [-0.25, -0.2) is 13.6 Å². The van der Waals surface area contributed by atoms with Gasteiger partial charge in [-0.05, 0) is 23.7 Å². The lowest BCUT2D eigenvalue weighted by Crippen LogP contribution is -2.26. The van der Waals surface area contributed by atoms with Crippen LogP contribution in [0.1, 0.15) is 44.0 Å². The number of sulfonamides is 1. The van der Waals surface area contributed by atoms with E-state index >= 15 is 0 Å². The van der Waals surface area contributed by atoms with Gasteiger partial charge in [-0.15, -0.1) is 0 Å². The molecule has 1 aliphatic carbocycles. The van der Waals surface area contributed by atoms with Crippen molar-refractivity contribution in [2.24, 2.45) is 21.9 Å². The lowest BCUT2D eigenvalue weighted by atomic mass is 10.0. The first-order chi connectivity index (χ1) is 9.39. The Bertz CT molecular complexity index is 672. The summed E-state index contributed by atoms with van der Waals surface area (Å²) in [5, 5.41) is 7.85. The summed E-state index contributed by atoms with van der Waals surface area (Å²) in [4.78, 5) is 11.9. The van der Waals surface area contributed by atoms with Crippen molar-refractivity contribution in [3.05, 3.63) is 17.6 Å². The zero-order valence-corrected chi connectivity index (χ0v) is 13.8. The molecule has 2 rings (SSSR count). The molecule has 1 aromatic heterocycles. The molecule has 6 nitrogen and oxygen atoms in total. The maximum Gasteiger partial charge on any atom is 0.287 e. The van der Waals surface area contributed by atoms with Crippen LogP contribution in [0.3, 0.4) is 0 Å². The van der Waals surface area contributed by atoms with Crippen LogP contribution in [0.4, 0.5) is 0 Å². The molecule has 0 atom stereocenters. The SMILES string of the molecule is Cc1oc(C(=O)NCC2C(C)(C)C2(C)C)cc1S(N)(=O)=O. The van der Waals surface area contributed by atoms with E-state index in [1.54, 1.807) is 0 Å². The highest BCUT2D eigenvalue weighted by Gasteiger charge is 2.64. The molecule has 0 bridgehead atoms. The summed E-state index contributed by atoms with van der Waals surface area (Å²) in [5.41, 5.74) is 0.343. The highest BCUT2D eigenvalue weighted by Crippen LogP contribution is 2.67. The number of nitrogens with two attached hydrogens (primary N) is 1. The van der Waals surface area contributed by atoms with E-state index in [1.807, 2.05) is 0 Å². The topological polar surface area (TPSA) is 102 Å². The Balaban J connectivity index is 2.06.